The summed E-state index contributed by atoms with van der Waals surface area (Å²) in [5, 5.41) is 41.6. The molecule has 0 saturated heterocycles. The van der Waals surface area contributed by atoms with E-state index in [-0.39, 0.29) is 76.1 Å². The van der Waals surface area contributed by atoms with Gasteiger partial charge in [-0.25, -0.2) is 0 Å². The molecule has 0 rings (SSSR count). The van der Waals surface area contributed by atoms with Gasteiger partial charge in [0.2, 0.25) is 0 Å². The minimum Gasteiger partial charge on any atom is -0.549 e. The number of nitrogens with zero attached hydrogens (tertiary/aromatic N) is 2. The Morgan fingerprint density at radius 3 is 0.840 bits per heavy atom. The first kappa shape index (κ1) is 39.3. The maximum Gasteiger partial charge on any atom is 5.00 e. The molecule has 0 aromatic rings. The van der Waals surface area contributed by atoms with Crippen LogP contribution in [0.3, 0.4) is 0 Å². The summed E-state index contributed by atoms with van der Waals surface area (Å²) in [6.45, 7) is -3.25. The Hall–Kier alpha value is -0.801. The first-order valence-corrected chi connectivity index (χ1v) is 5.44. The van der Waals surface area contributed by atoms with E-state index >= 15 is 0 Å². The van der Waals surface area contributed by atoms with Crippen LogP contribution in [0, 0.1) is 0 Å². The molecule has 0 saturated carbocycles. The van der Waals surface area contributed by atoms with E-state index in [0.717, 1.165) is 9.80 Å². The summed E-state index contributed by atoms with van der Waals surface area (Å²) >= 11 is 0. The zero-order valence-corrected chi connectivity index (χ0v) is 16.4. The second-order valence-corrected chi connectivity index (χ2v) is 3.91. The molecule has 0 aliphatic carbocycles. The first-order chi connectivity index (χ1) is 9.20. The fraction of sp³-hybridized carbons (Fsp3) is 0.600. The van der Waals surface area contributed by atoms with E-state index in [0.29, 0.717) is 0 Å². The SMILES string of the molecule is O.O.O.O=C([O-])CN(CCN(CC(=O)[O-])CC(=O)[O-])CC(=O)[O-].[Fe+5].[Na+]. The number of carbonyl (C=O) groups is 4. The van der Waals surface area contributed by atoms with Crippen LogP contribution in [0.25, 0.3) is 0 Å². The monoisotopic (exact) mass is 421 g/mol. The maximum atomic E-state index is 10.4. The van der Waals surface area contributed by atoms with Gasteiger partial charge in [-0.3, -0.25) is 9.80 Å². The van der Waals surface area contributed by atoms with Crippen LogP contribution in [0.2, 0.25) is 0 Å². The van der Waals surface area contributed by atoms with Crippen molar-refractivity contribution in [2.75, 3.05) is 39.3 Å². The number of aliphatic carboxylic acids is 4. The van der Waals surface area contributed by atoms with E-state index in [4.69, 9.17) is 0 Å². The number of carbonyl (C=O) groups excluding carboxylic acids is 4. The van der Waals surface area contributed by atoms with Gasteiger partial charge in [-0.2, -0.15) is 0 Å². The predicted molar refractivity (Wildman–Crippen MR) is 63.7 cm³/mol. The number of carboxylic acid groups (broad SMARTS) is 4. The van der Waals surface area contributed by atoms with E-state index in [1.807, 2.05) is 0 Å². The topological polar surface area (TPSA) is 262 Å². The minimum atomic E-state index is -1.53. The zero-order chi connectivity index (χ0) is 15.7. The van der Waals surface area contributed by atoms with Crippen LogP contribution in [-0.4, -0.2) is 89.4 Å². The van der Waals surface area contributed by atoms with Crippen LogP contribution in [0.4, 0.5) is 0 Å². The van der Waals surface area contributed by atoms with Crippen molar-refractivity contribution in [2.45, 2.75) is 0 Å². The van der Waals surface area contributed by atoms with Gasteiger partial charge in [0.05, 0.1) is 23.9 Å². The molecule has 0 spiro atoms. The Kier molecular flexibility index (Phi) is 33.4. The maximum absolute atomic E-state index is 10.4. The van der Waals surface area contributed by atoms with Gasteiger partial charge in [0.25, 0.3) is 0 Å². The molecule has 0 aliphatic heterocycles. The molecule has 25 heavy (non-hydrogen) atoms. The molecule has 1 radical (unpaired) electrons. The Morgan fingerprint density at radius 1 is 0.560 bits per heavy atom. The number of hydrogen-bond acceptors (Lipinski definition) is 10. The molecule has 0 aromatic heterocycles. The first-order valence-electron chi connectivity index (χ1n) is 5.44. The molecule has 6 N–H and O–H groups in total. The van der Waals surface area contributed by atoms with Gasteiger partial charge in [-0.1, -0.05) is 0 Å². The summed E-state index contributed by atoms with van der Waals surface area (Å²) in [4.78, 5) is 43.4. The number of carboxylic acids is 4. The average molecular weight is 421 g/mol. The normalized spacial score (nSPS) is 8.56. The Bertz CT molecular complexity index is 331. The fourth-order valence-electron chi connectivity index (χ4n) is 1.44. The van der Waals surface area contributed by atoms with Crippen molar-refractivity contribution in [3.8, 4) is 0 Å². The molecule has 0 fully saturated rings. The van der Waals surface area contributed by atoms with Crippen LogP contribution in [0.5, 0.6) is 0 Å². The van der Waals surface area contributed by atoms with E-state index in [9.17, 15) is 39.6 Å². The molecular formula is C10H18FeN2NaO11+2. The molecule has 0 heterocycles. The number of rotatable bonds is 11. The third-order valence-electron chi connectivity index (χ3n) is 2.14. The third kappa shape index (κ3) is 25.6. The van der Waals surface area contributed by atoms with Crippen LogP contribution < -0.4 is 50.0 Å². The molecule has 0 amide bonds. The molecule has 0 aliphatic rings. The van der Waals surface area contributed by atoms with Gasteiger partial charge in [0.15, 0.2) is 0 Å². The Labute approximate surface area is 175 Å². The van der Waals surface area contributed by atoms with Crippen molar-refractivity contribution in [3.05, 3.63) is 0 Å². The van der Waals surface area contributed by atoms with Crippen molar-refractivity contribution in [1.82, 2.24) is 9.80 Å². The summed E-state index contributed by atoms with van der Waals surface area (Å²) in [5.41, 5.74) is 0. The Morgan fingerprint density at radius 2 is 0.720 bits per heavy atom. The number of hydrogen-bond donors (Lipinski definition) is 0. The van der Waals surface area contributed by atoms with Crippen molar-refractivity contribution < 1.29 is 103 Å². The van der Waals surface area contributed by atoms with Crippen molar-refractivity contribution in [2.24, 2.45) is 0 Å². The molecule has 0 atom stereocenters. The van der Waals surface area contributed by atoms with Crippen LogP contribution in [0.15, 0.2) is 0 Å². The smallest absolute Gasteiger partial charge is 0.549 e. The summed E-state index contributed by atoms with van der Waals surface area (Å²) in [5.74, 6) is -6.12. The second-order valence-electron chi connectivity index (χ2n) is 3.91. The van der Waals surface area contributed by atoms with E-state index in [2.05, 4.69) is 0 Å². The van der Waals surface area contributed by atoms with Gasteiger partial charge in [-0.15, -0.1) is 0 Å². The second kappa shape index (κ2) is 21.2. The van der Waals surface area contributed by atoms with E-state index < -0.39 is 50.1 Å². The standard InChI is InChI=1S/C10H16N2O8.Fe.Na.3H2O/c13-7(14)3-11(4-8(15)16)1-2-12(5-9(17)18)6-10(19)20;;;;;/h1-6H2,(H,13,14)(H,15,16)(H,17,18)(H,19,20);;;3*1H2/q;+5;+1;;;/p-4. The third-order valence-corrected chi connectivity index (χ3v) is 2.14. The van der Waals surface area contributed by atoms with Crippen LogP contribution in [-0.2, 0) is 36.2 Å². The largest absolute Gasteiger partial charge is 5.00 e. The summed E-state index contributed by atoms with van der Waals surface area (Å²) in [6.07, 6.45) is 0. The summed E-state index contributed by atoms with van der Waals surface area (Å²) in [7, 11) is 0. The zero-order valence-electron chi connectivity index (χ0n) is 13.3. The van der Waals surface area contributed by atoms with Gasteiger partial charge in [0, 0.05) is 39.3 Å². The fourth-order valence-corrected chi connectivity index (χ4v) is 1.44. The van der Waals surface area contributed by atoms with Crippen LogP contribution >= 0.6 is 0 Å². The average Bonchev–Trinajstić information content (AvgIpc) is 2.22. The molecule has 0 aromatic carbocycles. The molecule has 13 nitrogen and oxygen atoms in total. The van der Waals surface area contributed by atoms with E-state index in [1.165, 1.54) is 0 Å². The summed E-state index contributed by atoms with van der Waals surface area (Å²) < 4.78 is 0. The molecular weight excluding hydrogens is 403 g/mol. The molecule has 0 unspecified atom stereocenters. The van der Waals surface area contributed by atoms with Gasteiger partial charge >= 0.3 is 46.6 Å². The quantitative estimate of drug-likeness (QED) is 0.284. The Balaban J connectivity index is -0.000000180. The molecule has 141 valence electrons. The van der Waals surface area contributed by atoms with Crippen molar-refractivity contribution >= 4 is 23.9 Å². The van der Waals surface area contributed by atoms with E-state index in [1.54, 1.807) is 0 Å². The molecule has 15 heteroatoms. The predicted octanol–water partition coefficient (Wildman–Crippen LogP) is -12.9. The van der Waals surface area contributed by atoms with Crippen LogP contribution in [0.1, 0.15) is 0 Å². The minimum absolute atomic E-state index is 0. The summed E-state index contributed by atoms with van der Waals surface area (Å²) in [6, 6.07) is 0. The van der Waals surface area contributed by atoms with Gasteiger partial charge in [0.1, 0.15) is 0 Å². The van der Waals surface area contributed by atoms with Gasteiger partial charge in [-0.05, 0) is 0 Å². The van der Waals surface area contributed by atoms with Crippen molar-refractivity contribution in [3.63, 3.8) is 0 Å². The van der Waals surface area contributed by atoms with Gasteiger partial charge < -0.3 is 56.0 Å². The van der Waals surface area contributed by atoms with Crippen molar-refractivity contribution in [1.29, 1.82) is 0 Å². The molecule has 0 bridgehead atoms.